The number of unbranched alkanes of at least 4 members (excludes halogenated alkanes) is 10. The topological polar surface area (TPSA) is 48.5 Å². The summed E-state index contributed by atoms with van der Waals surface area (Å²) in [6, 6.07) is 23.3. The molecule has 2 aromatic carbocycles. The molecular weight excluding hydrogens is 612 g/mol. The van der Waals surface area contributed by atoms with E-state index in [1.165, 1.54) is 75.2 Å². The fourth-order valence-electron chi connectivity index (χ4n) is 5.78. The van der Waals surface area contributed by atoms with Crippen LogP contribution in [0.15, 0.2) is 66.7 Å². The van der Waals surface area contributed by atoms with Gasteiger partial charge in [0.2, 0.25) is 0 Å². The summed E-state index contributed by atoms with van der Waals surface area (Å²) in [5.41, 5.74) is 6.27. The molecule has 0 amide bonds. The van der Waals surface area contributed by atoms with Gasteiger partial charge in [0.1, 0.15) is 11.4 Å². The number of hydrogen-bond acceptors (Lipinski definition) is 3. The summed E-state index contributed by atoms with van der Waals surface area (Å²) in [6.45, 7) is 6.47. The van der Waals surface area contributed by atoms with Gasteiger partial charge in [-0.1, -0.05) is 108 Å². The Bertz CT molecular complexity index is 1400. The van der Waals surface area contributed by atoms with E-state index in [2.05, 4.69) is 89.7 Å². The van der Waals surface area contributed by atoms with Gasteiger partial charge in [-0.3, -0.25) is 0 Å². The SMILES string of the molecule is CCCCCCCCn1c(-c2cccc(-c3nc4ccccc4n3CCCCCCCC)n2)nc2ccccc21.[Cl-].[Cl-].[V+2]. The van der Waals surface area contributed by atoms with E-state index in [4.69, 9.17) is 15.0 Å². The smallest absolute Gasteiger partial charge is 1.00 e. The molecule has 0 aliphatic rings. The fraction of sp³-hybridized carbons (Fsp3) is 0.457. The van der Waals surface area contributed by atoms with Gasteiger partial charge in [0, 0.05) is 13.1 Å². The van der Waals surface area contributed by atoms with Crippen molar-refractivity contribution in [1.29, 1.82) is 0 Å². The second-order valence-electron chi connectivity index (χ2n) is 11.1. The molecule has 229 valence electrons. The zero-order valence-electron chi connectivity index (χ0n) is 25.7. The number of rotatable bonds is 16. The van der Waals surface area contributed by atoms with Gasteiger partial charge in [0.05, 0.1) is 22.1 Å². The van der Waals surface area contributed by atoms with Crippen LogP contribution in [0.3, 0.4) is 0 Å². The minimum absolute atomic E-state index is 0. The van der Waals surface area contributed by atoms with E-state index < -0.39 is 0 Å². The standard InChI is InChI=1S/C35H45N5.2ClH.V/c1-3-5-7-9-11-17-26-39-32-24-15-13-20-28(32)37-34(39)30-22-19-23-31(36-30)35-38-29-21-14-16-25-33(29)40(35)27-18-12-10-8-6-4-2;;;/h13-16,19-25H,3-12,17-18,26-27H2,1-2H3;2*1H;/q;;;+2/p-2. The van der Waals surface area contributed by atoms with E-state index in [-0.39, 0.29) is 43.4 Å². The van der Waals surface area contributed by atoms with Crippen molar-refractivity contribution in [2.24, 2.45) is 0 Å². The van der Waals surface area contributed by atoms with Gasteiger partial charge in [0.15, 0.2) is 11.6 Å². The molecule has 3 aromatic heterocycles. The van der Waals surface area contributed by atoms with Crippen LogP contribution < -0.4 is 24.8 Å². The van der Waals surface area contributed by atoms with Gasteiger partial charge in [-0.15, -0.1) is 0 Å². The summed E-state index contributed by atoms with van der Waals surface area (Å²) in [5, 5.41) is 0. The first-order chi connectivity index (χ1) is 19.8. The second kappa shape index (κ2) is 19.2. The molecule has 8 heteroatoms. The first-order valence-corrected chi connectivity index (χ1v) is 15.7. The molecule has 5 rings (SSSR count). The average Bonchev–Trinajstić information content (AvgIpc) is 3.55. The van der Waals surface area contributed by atoms with E-state index in [0.29, 0.717) is 0 Å². The maximum atomic E-state index is 5.20. The zero-order chi connectivity index (χ0) is 27.6. The van der Waals surface area contributed by atoms with Gasteiger partial charge in [-0.05, 0) is 49.2 Å². The number of halogens is 2. The Labute approximate surface area is 282 Å². The number of para-hydroxylation sites is 4. The Balaban J connectivity index is 0.00000215. The van der Waals surface area contributed by atoms with Crippen molar-refractivity contribution in [2.45, 2.75) is 104 Å². The van der Waals surface area contributed by atoms with Crippen molar-refractivity contribution in [3.63, 3.8) is 0 Å². The molecule has 5 nitrogen and oxygen atoms in total. The first-order valence-electron chi connectivity index (χ1n) is 15.7. The molecule has 0 saturated heterocycles. The van der Waals surface area contributed by atoms with Crippen molar-refractivity contribution in [1.82, 2.24) is 24.1 Å². The van der Waals surface area contributed by atoms with Gasteiger partial charge in [0.25, 0.3) is 0 Å². The predicted molar refractivity (Wildman–Crippen MR) is 168 cm³/mol. The van der Waals surface area contributed by atoms with Crippen LogP contribution in [-0.2, 0) is 31.6 Å². The fourth-order valence-corrected chi connectivity index (χ4v) is 5.78. The number of pyridine rings is 1. The molecule has 3 heterocycles. The number of aromatic nitrogens is 5. The number of nitrogens with zero attached hydrogens (tertiary/aromatic N) is 5. The molecule has 0 aliphatic heterocycles. The Hall–Kier alpha value is -2.31. The molecule has 5 aromatic rings. The Kier molecular flexibility index (Phi) is 16.4. The van der Waals surface area contributed by atoms with Crippen LogP contribution in [0.4, 0.5) is 0 Å². The Morgan fingerprint density at radius 1 is 0.465 bits per heavy atom. The number of hydrogen-bond donors (Lipinski definition) is 0. The van der Waals surface area contributed by atoms with Crippen molar-refractivity contribution in [2.75, 3.05) is 0 Å². The van der Waals surface area contributed by atoms with Gasteiger partial charge in [-0.2, -0.15) is 0 Å². The summed E-state index contributed by atoms with van der Waals surface area (Å²) in [7, 11) is 0. The summed E-state index contributed by atoms with van der Waals surface area (Å²) in [4.78, 5) is 15.3. The van der Waals surface area contributed by atoms with Crippen LogP contribution in [0, 0.1) is 0 Å². The van der Waals surface area contributed by atoms with Crippen LogP contribution in [-0.4, -0.2) is 24.1 Å². The van der Waals surface area contributed by atoms with Crippen molar-refractivity contribution < 1.29 is 43.4 Å². The monoisotopic (exact) mass is 656 g/mol. The quantitative estimate of drug-likeness (QED) is 0.152. The molecule has 0 unspecified atom stereocenters. The molecule has 1 radical (unpaired) electrons. The largest absolute Gasteiger partial charge is 2.00 e. The summed E-state index contributed by atoms with van der Waals surface area (Å²) in [5.74, 6) is 1.91. The number of imidazole rings is 2. The van der Waals surface area contributed by atoms with E-state index >= 15 is 0 Å². The zero-order valence-corrected chi connectivity index (χ0v) is 28.6. The molecular formula is C35H45Cl2N5V. The maximum Gasteiger partial charge on any atom is 2.00 e. The maximum absolute atomic E-state index is 5.20. The number of fused-ring (bicyclic) bond motifs is 2. The minimum atomic E-state index is 0. The Morgan fingerprint density at radius 3 is 1.30 bits per heavy atom. The van der Waals surface area contributed by atoms with Gasteiger partial charge >= 0.3 is 18.6 Å². The molecule has 43 heavy (non-hydrogen) atoms. The molecule has 0 bridgehead atoms. The minimum Gasteiger partial charge on any atom is -1.00 e. The molecule has 0 aliphatic carbocycles. The normalized spacial score (nSPS) is 10.8. The molecule has 0 atom stereocenters. The predicted octanol–water partition coefficient (Wildman–Crippen LogP) is 3.84. The van der Waals surface area contributed by atoms with Crippen LogP contribution >= 0.6 is 0 Å². The third-order valence-corrected chi connectivity index (χ3v) is 7.99. The molecule has 0 fully saturated rings. The van der Waals surface area contributed by atoms with E-state index in [1.54, 1.807) is 0 Å². The van der Waals surface area contributed by atoms with E-state index in [1.807, 2.05) is 0 Å². The third kappa shape index (κ3) is 9.34. The summed E-state index contributed by atoms with van der Waals surface area (Å²) < 4.78 is 4.75. The van der Waals surface area contributed by atoms with Crippen LogP contribution in [0.25, 0.3) is 45.1 Å². The first kappa shape index (κ1) is 36.9. The second-order valence-corrected chi connectivity index (χ2v) is 11.1. The molecule has 0 saturated carbocycles. The van der Waals surface area contributed by atoms with Crippen LogP contribution in [0.1, 0.15) is 90.9 Å². The Morgan fingerprint density at radius 2 is 0.860 bits per heavy atom. The van der Waals surface area contributed by atoms with E-state index in [0.717, 1.165) is 60.0 Å². The molecule has 0 N–H and O–H groups in total. The van der Waals surface area contributed by atoms with E-state index in [9.17, 15) is 0 Å². The number of aryl methyl sites for hydroxylation is 2. The van der Waals surface area contributed by atoms with Gasteiger partial charge < -0.3 is 33.9 Å². The number of benzene rings is 2. The third-order valence-electron chi connectivity index (χ3n) is 7.99. The van der Waals surface area contributed by atoms with Crippen molar-refractivity contribution in [3.8, 4) is 23.0 Å². The average molecular weight is 658 g/mol. The van der Waals surface area contributed by atoms with Crippen LogP contribution in [0.5, 0.6) is 0 Å². The van der Waals surface area contributed by atoms with Crippen molar-refractivity contribution in [3.05, 3.63) is 66.7 Å². The molecule has 0 spiro atoms. The van der Waals surface area contributed by atoms with Crippen LogP contribution in [0.2, 0.25) is 0 Å². The summed E-state index contributed by atoms with van der Waals surface area (Å²) in [6.07, 6.45) is 15.3. The van der Waals surface area contributed by atoms with Crippen molar-refractivity contribution >= 4 is 22.1 Å². The summed E-state index contributed by atoms with van der Waals surface area (Å²) >= 11 is 0. The van der Waals surface area contributed by atoms with Gasteiger partial charge in [-0.25, -0.2) is 15.0 Å².